The number of hydrogen-bond donors (Lipinski definition) is 0. The van der Waals surface area contributed by atoms with E-state index in [0.717, 1.165) is 0 Å². The van der Waals surface area contributed by atoms with Gasteiger partial charge in [-0.05, 0) is 23.6 Å². The molecule has 0 saturated carbocycles. The Kier molecular flexibility index (Phi) is 3.80. The van der Waals surface area contributed by atoms with Crippen LogP contribution in [0.25, 0.3) is 0 Å². The fourth-order valence-electron chi connectivity index (χ4n) is 1.24. The van der Waals surface area contributed by atoms with Crippen molar-refractivity contribution in [1.82, 2.24) is 0 Å². The van der Waals surface area contributed by atoms with E-state index in [-0.39, 0.29) is 0 Å². The molecule has 1 aromatic heterocycles. The molecule has 0 spiro atoms. The van der Waals surface area contributed by atoms with Gasteiger partial charge >= 0.3 is 0 Å². The molecule has 2 nitrogen and oxygen atoms in total. The van der Waals surface area contributed by atoms with Crippen LogP contribution in [-0.2, 0) is 0 Å². The van der Waals surface area contributed by atoms with Crippen molar-refractivity contribution in [1.29, 1.82) is 5.26 Å². The lowest BCUT2D eigenvalue weighted by Crippen LogP contribution is -1.84. The zero-order valence-corrected chi connectivity index (χ0v) is 10.9. The molecule has 1 aromatic carbocycles. The Morgan fingerprint density at radius 3 is 2.59 bits per heavy atom. The lowest BCUT2D eigenvalue weighted by atomic mass is 10.2. The lowest BCUT2D eigenvalue weighted by molar-refractivity contribution is 1.49. The molecular formula is C12H6Cl2N2S. The Morgan fingerprint density at radius 1 is 1.24 bits per heavy atom. The van der Waals surface area contributed by atoms with Crippen LogP contribution in [0.4, 0.5) is 5.00 Å². The molecule has 17 heavy (non-hydrogen) atoms. The number of hydrogen-bond acceptors (Lipinski definition) is 3. The van der Waals surface area contributed by atoms with Crippen molar-refractivity contribution >= 4 is 45.8 Å². The van der Waals surface area contributed by atoms with Gasteiger partial charge in [0.1, 0.15) is 11.1 Å². The van der Waals surface area contributed by atoms with Gasteiger partial charge in [0.15, 0.2) is 0 Å². The molecule has 2 rings (SSSR count). The summed E-state index contributed by atoms with van der Waals surface area (Å²) in [5.74, 6) is 0. The minimum absolute atomic E-state index is 0.538. The Labute approximate surface area is 113 Å². The number of rotatable bonds is 2. The molecule has 0 aliphatic carbocycles. The number of aliphatic imine (C=N–C) groups is 1. The van der Waals surface area contributed by atoms with Crippen LogP contribution in [-0.4, -0.2) is 6.21 Å². The highest BCUT2D eigenvalue weighted by atomic mass is 35.5. The first-order chi connectivity index (χ1) is 8.22. The van der Waals surface area contributed by atoms with Crippen molar-refractivity contribution in [3.63, 3.8) is 0 Å². The highest BCUT2D eigenvalue weighted by Crippen LogP contribution is 2.27. The summed E-state index contributed by atoms with van der Waals surface area (Å²) in [6.45, 7) is 0. The van der Waals surface area contributed by atoms with E-state index in [1.54, 1.807) is 30.5 Å². The van der Waals surface area contributed by atoms with Crippen LogP contribution in [0, 0.1) is 11.3 Å². The Balaban J connectivity index is 2.36. The summed E-state index contributed by atoms with van der Waals surface area (Å²) >= 11 is 13.4. The van der Waals surface area contributed by atoms with Crippen molar-refractivity contribution < 1.29 is 0 Å². The monoisotopic (exact) mass is 280 g/mol. The van der Waals surface area contributed by atoms with E-state index in [1.807, 2.05) is 5.38 Å². The smallest absolute Gasteiger partial charge is 0.133 e. The molecule has 0 aliphatic rings. The predicted molar refractivity (Wildman–Crippen MR) is 72.8 cm³/mol. The molecule has 84 valence electrons. The zero-order valence-electron chi connectivity index (χ0n) is 8.52. The average Bonchev–Trinajstić information content (AvgIpc) is 2.76. The zero-order chi connectivity index (χ0) is 12.3. The summed E-state index contributed by atoms with van der Waals surface area (Å²) in [7, 11) is 0. The molecule has 0 bridgehead atoms. The van der Waals surface area contributed by atoms with Crippen LogP contribution < -0.4 is 0 Å². The van der Waals surface area contributed by atoms with E-state index in [1.165, 1.54) is 11.3 Å². The van der Waals surface area contributed by atoms with Gasteiger partial charge in [0, 0.05) is 11.8 Å². The summed E-state index contributed by atoms with van der Waals surface area (Å²) in [5.41, 5.74) is 1.21. The third-order valence-electron chi connectivity index (χ3n) is 2.08. The quantitative estimate of drug-likeness (QED) is 0.736. The standard InChI is InChI=1S/C12H6Cl2N2S/c13-10-2-1-3-11(14)9(10)7-16-12-8(6-15)4-5-17-12/h1-5,7H/b16-7+. The van der Waals surface area contributed by atoms with Gasteiger partial charge in [-0.15, -0.1) is 11.3 Å². The van der Waals surface area contributed by atoms with E-state index in [2.05, 4.69) is 11.1 Å². The topological polar surface area (TPSA) is 36.1 Å². The van der Waals surface area contributed by atoms with Gasteiger partial charge in [-0.1, -0.05) is 29.3 Å². The van der Waals surface area contributed by atoms with Crippen molar-refractivity contribution in [3.05, 3.63) is 50.8 Å². The molecule has 0 fully saturated rings. The van der Waals surface area contributed by atoms with Gasteiger partial charge in [0.25, 0.3) is 0 Å². The van der Waals surface area contributed by atoms with E-state index in [0.29, 0.717) is 26.2 Å². The van der Waals surface area contributed by atoms with E-state index in [4.69, 9.17) is 28.5 Å². The second-order valence-electron chi connectivity index (χ2n) is 3.14. The van der Waals surface area contributed by atoms with Crippen molar-refractivity contribution in [2.24, 2.45) is 4.99 Å². The maximum atomic E-state index is 8.84. The van der Waals surface area contributed by atoms with Crippen LogP contribution in [0.5, 0.6) is 0 Å². The van der Waals surface area contributed by atoms with Crippen molar-refractivity contribution in [3.8, 4) is 6.07 Å². The molecule has 2 aromatic rings. The largest absolute Gasteiger partial charge is 0.244 e. The second kappa shape index (κ2) is 5.33. The fourth-order valence-corrected chi connectivity index (χ4v) is 2.43. The minimum Gasteiger partial charge on any atom is -0.244 e. The number of nitriles is 1. The second-order valence-corrected chi connectivity index (χ2v) is 4.85. The maximum absolute atomic E-state index is 8.84. The van der Waals surface area contributed by atoms with Crippen molar-refractivity contribution in [2.75, 3.05) is 0 Å². The van der Waals surface area contributed by atoms with Crippen LogP contribution in [0.1, 0.15) is 11.1 Å². The molecule has 0 saturated heterocycles. The third kappa shape index (κ3) is 2.67. The SMILES string of the molecule is N#Cc1ccsc1/N=C/c1c(Cl)cccc1Cl. The molecule has 0 amide bonds. The molecule has 1 heterocycles. The number of halogens is 2. The van der Waals surface area contributed by atoms with Gasteiger partial charge in [-0.25, -0.2) is 4.99 Å². The van der Waals surface area contributed by atoms with Crippen LogP contribution in [0.3, 0.4) is 0 Å². The van der Waals surface area contributed by atoms with Crippen LogP contribution in [0.2, 0.25) is 10.0 Å². The lowest BCUT2D eigenvalue weighted by Gasteiger charge is -1.99. The Hall–Kier alpha value is -1.34. The van der Waals surface area contributed by atoms with Crippen LogP contribution >= 0.6 is 34.5 Å². The first kappa shape index (κ1) is 12.1. The highest BCUT2D eigenvalue weighted by Gasteiger charge is 2.04. The maximum Gasteiger partial charge on any atom is 0.133 e. The summed E-state index contributed by atoms with van der Waals surface area (Å²) in [5, 5.41) is 12.4. The van der Waals surface area contributed by atoms with E-state index >= 15 is 0 Å². The summed E-state index contributed by atoms with van der Waals surface area (Å²) < 4.78 is 0. The van der Waals surface area contributed by atoms with Crippen molar-refractivity contribution in [2.45, 2.75) is 0 Å². The Morgan fingerprint density at radius 2 is 1.94 bits per heavy atom. The Bertz CT molecular complexity index is 591. The third-order valence-corrected chi connectivity index (χ3v) is 3.56. The highest BCUT2D eigenvalue weighted by molar-refractivity contribution is 7.14. The number of nitrogens with zero attached hydrogens (tertiary/aromatic N) is 2. The molecule has 0 radical (unpaired) electrons. The van der Waals surface area contributed by atoms with E-state index in [9.17, 15) is 0 Å². The number of thiophene rings is 1. The molecule has 0 aliphatic heterocycles. The minimum atomic E-state index is 0.538. The van der Waals surface area contributed by atoms with Gasteiger partial charge in [-0.3, -0.25) is 0 Å². The predicted octanol–water partition coefficient (Wildman–Crippen LogP) is 4.68. The first-order valence-electron chi connectivity index (χ1n) is 4.68. The van der Waals surface area contributed by atoms with Crippen LogP contribution in [0.15, 0.2) is 34.6 Å². The average molecular weight is 281 g/mol. The molecular weight excluding hydrogens is 275 g/mol. The molecule has 0 N–H and O–H groups in total. The fraction of sp³-hybridized carbons (Fsp3) is 0. The normalized spacial score (nSPS) is 10.6. The molecule has 5 heteroatoms. The van der Waals surface area contributed by atoms with E-state index < -0.39 is 0 Å². The molecule has 0 atom stereocenters. The van der Waals surface area contributed by atoms with Gasteiger partial charge in [-0.2, -0.15) is 5.26 Å². The summed E-state index contributed by atoms with van der Waals surface area (Å²) in [4.78, 5) is 4.23. The van der Waals surface area contributed by atoms with Gasteiger partial charge in [0.2, 0.25) is 0 Å². The van der Waals surface area contributed by atoms with Gasteiger partial charge in [0.05, 0.1) is 15.6 Å². The van der Waals surface area contributed by atoms with Gasteiger partial charge < -0.3 is 0 Å². The molecule has 0 unspecified atom stereocenters. The summed E-state index contributed by atoms with van der Waals surface area (Å²) in [6, 6.07) is 9.06. The summed E-state index contributed by atoms with van der Waals surface area (Å²) in [6.07, 6.45) is 1.58. The first-order valence-corrected chi connectivity index (χ1v) is 6.31. The number of benzene rings is 1.